The van der Waals surface area contributed by atoms with E-state index in [1.54, 1.807) is 12.1 Å². The van der Waals surface area contributed by atoms with E-state index in [9.17, 15) is 9.59 Å². The van der Waals surface area contributed by atoms with Crippen LogP contribution in [0.3, 0.4) is 0 Å². The molecule has 0 aliphatic heterocycles. The van der Waals surface area contributed by atoms with Gasteiger partial charge in [-0.05, 0) is 54.2 Å². The lowest BCUT2D eigenvalue weighted by Gasteiger charge is -2.25. The molecule has 0 unspecified atom stereocenters. The van der Waals surface area contributed by atoms with E-state index in [0.29, 0.717) is 23.0 Å². The highest BCUT2D eigenvalue weighted by molar-refractivity contribution is 6.35. The van der Waals surface area contributed by atoms with E-state index < -0.39 is 0 Å². The molecule has 3 aliphatic carbocycles. The number of carbonyl (C=O) groups is 2. The standard InChI is InChI=1S/C20H21Cl2NO3/c1-26-19(25)17-14-5-4-13(20(14)7-8-20)16(17)18(24)23-9-6-11-2-3-12(21)10-15(11)22/h2-5,10,13-14,16-17H,6-9H2,1H3,(H,23,24)/t13-,14+,16+,17+/m0/s1. The van der Waals surface area contributed by atoms with E-state index in [1.807, 2.05) is 6.07 Å². The van der Waals surface area contributed by atoms with Crippen LogP contribution in [0, 0.1) is 29.1 Å². The first-order chi connectivity index (χ1) is 12.5. The van der Waals surface area contributed by atoms with Crippen molar-refractivity contribution in [3.8, 4) is 0 Å². The Morgan fingerprint density at radius 2 is 1.88 bits per heavy atom. The van der Waals surface area contributed by atoms with Crippen LogP contribution in [0.5, 0.6) is 0 Å². The zero-order chi connectivity index (χ0) is 18.5. The third-order valence-corrected chi connectivity index (χ3v) is 6.91. The van der Waals surface area contributed by atoms with Crippen molar-refractivity contribution in [3.63, 3.8) is 0 Å². The topological polar surface area (TPSA) is 55.4 Å². The first kappa shape index (κ1) is 17.9. The predicted molar refractivity (Wildman–Crippen MR) is 100.0 cm³/mol. The third-order valence-electron chi connectivity index (χ3n) is 6.33. The van der Waals surface area contributed by atoms with Crippen LogP contribution in [-0.4, -0.2) is 25.5 Å². The first-order valence-electron chi connectivity index (χ1n) is 8.96. The molecule has 1 spiro atoms. The van der Waals surface area contributed by atoms with Crippen molar-refractivity contribution >= 4 is 35.1 Å². The molecule has 1 aromatic carbocycles. The minimum atomic E-state index is -0.364. The maximum absolute atomic E-state index is 12.9. The second-order valence-electron chi connectivity index (χ2n) is 7.52. The Hall–Kier alpha value is -1.52. The summed E-state index contributed by atoms with van der Waals surface area (Å²) in [5, 5.41) is 4.19. The zero-order valence-corrected chi connectivity index (χ0v) is 16.0. The number of hydrogen-bond acceptors (Lipinski definition) is 3. The summed E-state index contributed by atoms with van der Waals surface area (Å²) in [6, 6.07) is 5.36. The van der Waals surface area contributed by atoms with Crippen LogP contribution in [0.25, 0.3) is 0 Å². The predicted octanol–water partition coefficient (Wildman–Crippen LogP) is 3.65. The first-order valence-corrected chi connectivity index (χ1v) is 9.71. The van der Waals surface area contributed by atoms with Crippen molar-refractivity contribution < 1.29 is 14.3 Å². The highest BCUT2D eigenvalue weighted by atomic mass is 35.5. The van der Waals surface area contributed by atoms with E-state index in [0.717, 1.165) is 18.4 Å². The number of allylic oxidation sites excluding steroid dienone is 2. The molecule has 4 rings (SSSR count). The molecule has 2 fully saturated rings. The van der Waals surface area contributed by atoms with Gasteiger partial charge in [0.25, 0.3) is 0 Å². The molecule has 0 aromatic heterocycles. The number of halogens is 2. The van der Waals surface area contributed by atoms with E-state index in [4.69, 9.17) is 27.9 Å². The molecule has 1 aromatic rings. The number of methoxy groups -OCH3 is 1. The van der Waals surface area contributed by atoms with Crippen molar-refractivity contribution in [2.45, 2.75) is 19.3 Å². The molecule has 4 atom stereocenters. The fourth-order valence-electron chi connectivity index (χ4n) is 4.98. The summed E-state index contributed by atoms with van der Waals surface area (Å²) in [7, 11) is 1.40. The summed E-state index contributed by atoms with van der Waals surface area (Å²) < 4.78 is 5.01. The van der Waals surface area contributed by atoms with Crippen molar-refractivity contribution in [1.29, 1.82) is 0 Å². The average Bonchev–Trinajstić information content (AvgIpc) is 3.29. The van der Waals surface area contributed by atoms with Crippen molar-refractivity contribution in [3.05, 3.63) is 46.0 Å². The van der Waals surface area contributed by atoms with Crippen LogP contribution in [0.4, 0.5) is 0 Å². The van der Waals surface area contributed by atoms with Gasteiger partial charge in [0, 0.05) is 16.6 Å². The Morgan fingerprint density at radius 3 is 2.50 bits per heavy atom. The molecule has 1 N–H and O–H groups in total. The fourth-order valence-corrected chi connectivity index (χ4v) is 5.48. The van der Waals surface area contributed by atoms with Crippen molar-refractivity contribution in [2.75, 3.05) is 13.7 Å². The van der Waals surface area contributed by atoms with Crippen molar-refractivity contribution in [1.82, 2.24) is 5.32 Å². The maximum Gasteiger partial charge on any atom is 0.310 e. The maximum atomic E-state index is 12.9. The number of esters is 1. The molecule has 1 amide bonds. The van der Waals surface area contributed by atoms with Gasteiger partial charge < -0.3 is 10.1 Å². The summed E-state index contributed by atoms with van der Waals surface area (Å²) >= 11 is 12.1. The zero-order valence-electron chi connectivity index (χ0n) is 14.5. The lowest BCUT2D eigenvalue weighted by Crippen LogP contribution is -2.41. The highest BCUT2D eigenvalue weighted by Gasteiger charge is 2.70. The largest absolute Gasteiger partial charge is 0.469 e. The molecule has 0 radical (unpaired) electrons. The minimum absolute atomic E-state index is 0.0615. The van der Waals surface area contributed by atoms with Crippen LogP contribution in [0.1, 0.15) is 18.4 Å². The molecular formula is C20H21Cl2NO3. The Labute approximate surface area is 162 Å². The van der Waals surface area contributed by atoms with Gasteiger partial charge in [-0.15, -0.1) is 0 Å². The summed E-state index contributed by atoms with van der Waals surface area (Å²) in [5.74, 6) is -0.739. The monoisotopic (exact) mass is 393 g/mol. The molecule has 3 aliphatic rings. The van der Waals surface area contributed by atoms with E-state index >= 15 is 0 Å². The van der Waals surface area contributed by atoms with Gasteiger partial charge in [0.1, 0.15) is 0 Å². The lowest BCUT2D eigenvalue weighted by atomic mass is 9.82. The Bertz CT molecular complexity index is 787. The Morgan fingerprint density at radius 1 is 1.19 bits per heavy atom. The second-order valence-corrected chi connectivity index (χ2v) is 8.36. The van der Waals surface area contributed by atoms with Gasteiger partial charge in [-0.1, -0.05) is 41.4 Å². The molecule has 2 saturated carbocycles. The summed E-state index contributed by atoms with van der Waals surface area (Å²) in [6.07, 6.45) is 7.06. The van der Waals surface area contributed by atoms with E-state index in [-0.39, 0.29) is 41.0 Å². The molecular weight excluding hydrogens is 373 g/mol. The van der Waals surface area contributed by atoms with Gasteiger partial charge in [-0.25, -0.2) is 0 Å². The van der Waals surface area contributed by atoms with Crippen LogP contribution >= 0.6 is 23.2 Å². The molecule has 4 nitrogen and oxygen atoms in total. The van der Waals surface area contributed by atoms with E-state index in [2.05, 4.69) is 17.5 Å². The Kier molecular flexibility index (Phi) is 4.52. The van der Waals surface area contributed by atoms with Crippen LogP contribution in [0.2, 0.25) is 10.0 Å². The average molecular weight is 394 g/mol. The quantitative estimate of drug-likeness (QED) is 0.613. The number of ether oxygens (including phenoxy) is 1. The molecule has 6 heteroatoms. The lowest BCUT2D eigenvalue weighted by molar-refractivity contribution is -0.151. The van der Waals surface area contributed by atoms with Crippen LogP contribution < -0.4 is 5.32 Å². The van der Waals surface area contributed by atoms with Gasteiger partial charge >= 0.3 is 5.97 Å². The molecule has 0 saturated heterocycles. The summed E-state index contributed by atoms with van der Waals surface area (Å²) in [6.45, 7) is 0.471. The summed E-state index contributed by atoms with van der Waals surface area (Å²) in [5.41, 5.74) is 1.06. The van der Waals surface area contributed by atoms with Gasteiger partial charge in [0.15, 0.2) is 0 Å². The molecule has 138 valence electrons. The van der Waals surface area contributed by atoms with Gasteiger partial charge in [0.2, 0.25) is 5.91 Å². The highest BCUT2D eigenvalue weighted by Crippen LogP contribution is 2.72. The minimum Gasteiger partial charge on any atom is -0.469 e. The second kappa shape index (κ2) is 6.58. The number of amides is 1. The normalized spacial score (nSPS) is 29.8. The van der Waals surface area contributed by atoms with Gasteiger partial charge in [-0.3, -0.25) is 9.59 Å². The van der Waals surface area contributed by atoms with Crippen molar-refractivity contribution in [2.24, 2.45) is 29.1 Å². The number of hydrogen-bond donors (Lipinski definition) is 1. The molecule has 2 bridgehead atoms. The number of benzene rings is 1. The summed E-state index contributed by atoms with van der Waals surface area (Å²) in [4.78, 5) is 25.2. The van der Waals surface area contributed by atoms with Gasteiger partial charge in [-0.2, -0.15) is 0 Å². The number of carbonyl (C=O) groups excluding carboxylic acids is 2. The van der Waals surface area contributed by atoms with Crippen LogP contribution in [-0.2, 0) is 20.7 Å². The Balaban J connectivity index is 1.44. The smallest absolute Gasteiger partial charge is 0.310 e. The molecule has 0 heterocycles. The fraction of sp³-hybridized carbons (Fsp3) is 0.500. The SMILES string of the molecule is COC(=O)[C@H]1[C@H](C(=O)NCCc2ccc(Cl)cc2Cl)[C@@H]2C=C[C@H]1C21CC1. The number of nitrogens with one attached hydrogen (secondary N) is 1. The van der Waals surface area contributed by atoms with Crippen LogP contribution in [0.15, 0.2) is 30.4 Å². The van der Waals surface area contributed by atoms with Gasteiger partial charge in [0.05, 0.1) is 18.9 Å². The van der Waals surface area contributed by atoms with E-state index in [1.165, 1.54) is 7.11 Å². The number of rotatable bonds is 5. The third kappa shape index (κ3) is 2.74. The molecule has 26 heavy (non-hydrogen) atoms.